The van der Waals surface area contributed by atoms with Crippen LogP contribution in [-0.2, 0) is 16.0 Å². The van der Waals surface area contributed by atoms with Crippen molar-refractivity contribution in [2.45, 2.75) is 57.5 Å². The molecule has 150 valence electrons. The number of Topliss-reactive ketones (excluding diaryl/α,β-unsaturated/α-hetero) is 1. The molecule has 1 fully saturated rings. The Hall–Kier alpha value is -1.98. The number of aryl methyl sites for hydroxylation is 1. The summed E-state index contributed by atoms with van der Waals surface area (Å²) < 4.78 is 1.31. The zero-order chi connectivity index (χ0) is 19.9. The Morgan fingerprint density at radius 1 is 1.21 bits per heavy atom. The van der Waals surface area contributed by atoms with Crippen LogP contribution in [0, 0.1) is 11.8 Å². The third-order valence-electron chi connectivity index (χ3n) is 5.59. The first-order valence-corrected chi connectivity index (χ1v) is 10.9. The Morgan fingerprint density at radius 3 is 2.82 bits per heavy atom. The first-order chi connectivity index (χ1) is 13.5. The van der Waals surface area contributed by atoms with E-state index in [2.05, 4.69) is 30.3 Å². The fourth-order valence-electron chi connectivity index (χ4n) is 4.12. The van der Waals surface area contributed by atoms with Crippen LogP contribution in [-0.4, -0.2) is 28.1 Å². The Bertz CT molecular complexity index is 805. The molecule has 28 heavy (non-hydrogen) atoms. The highest BCUT2D eigenvalue weighted by atomic mass is 32.1. The van der Waals surface area contributed by atoms with E-state index in [0.29, 0.717) is 19.3 Å². The molecule has 0 spiro atoms. The number of ketones is 1. The molecule has 2 aromatic rings. The largest absolute Gasteiger partial charge is 0.481 e. The van der Waals surface area contributed by atoms with Gasteiger partial charge in [0.05, 0.1) is 6.10 Å². The summed E-state index contributed by atoms with van der Waals surface area (Å²) in [5.41, 5.74) is 0. The number of aliphatic hydroxyl groups excluding tert-OH is 1. The van der Waals surface area contributed by atoms with Gasteiger partial charge in [-0.1, -0.05) is 30.4 Å². The molecule has 0 radical (unpaired) electrons. The van der Waals surface area contributed by atoms with Gasteiger partial charge < -0.3 is 10.2 Å². The summed E-state index contributed by atoms with van der Waals surface area (Å²) >= 11 is 1.82. The number of aliphatic carboxylic acids is 1. The molecule has 1 saturated carbocycles. The average molecular weight is 401 g/mol. The second kappa shape index (κ2) is 9.99. The number of aliphatic hydroxyl groups is 1. The van der Waals surface area contributed by atoms with Gasteiger partial charge in [-0.25, -0.2) is 0 Å². The van der Waals surface area contributed by atoms with Crippen LogP contribution in [0.4, 0.5) is 0 Å². The van der Waals surface area contributed by atoms with Gasteiger partial charge in [-0.15, -0.1) is 11.3 Å². The minimum absolute atomic E-state index is 0.0329. The second-order valence-corrected chi connectivity index (χ2v) is 8.81. The van der Waals surface area contributed by atoms with Gasteiger partial charge in [0.15, 0.2) is 0 Å². The van der Waals surface area contributed by atoms with Gasteiger partial charge in [-0.3, -0.25) is 9.59 Å². The number of fused-ring (bicyclic) bond motifs is 1. The number of allylic oxidation sites excluding steroid dienone is 2. The van der Waals surface area contributed by atoms with E-state index in [1.165, 1.54) is 15.0 Å². The number of unbranched alkanes of at least 4 members (excludes halogenated alkanes) is 1. The van der Waals surface area contributed by atoms with E-state index in [9.17, 15) is 14.7 Å². The summed E-state index contributed by atoms with van der Waals surface area (Å²) in [7, 11) is 0. The SMILES string of the molecule is O=C(O)CCC/C=C\C[C@H]1C(=O)C[C@@H](O)C1CCCc1cc2ccccc2s1. The molecule has 3 rings (SSSR count). The number of hydrogen-bond donors (Lipinski definition) is 2. The van der Waals surface area contributed by atoms with Crippen molar-refractivity contribution in [3.8, 4) is 0 Å². The quantitative estimate of drug-likeness (QED) is 0.435. The molecule has 1 unspecified atom stereocenters. The number of rotatable bonds is 10. The van der Waals surface area contributed by atoms with Crippen molar-refractivity contribution in [1.82, 2.24) is 0 Å². The molecule has 1 aliphatic rings. The van der Waals surface area contributed by atoms with Gasteiger partial charge in [0.1, 0.15) is 5.78 Å². The third-order valence-corrected chi connectivity index (χ3v) is 6.77. The second-order valence-electron chi connectivity index (χ2n) is 7.64. The summed E-state index contributed by atoms with van der Waals surface area (Å²) in [5.74, 6) is -0.686. The lowest BCUT2D eigenvalue weighted by Crippen LogP contribution is -2.20. The Kier molecular flexibility index (Phi) is 7.40. The third kappa shape index (κ3) is 5.52. The normalized spacial score (nSPS) is 22.5. The van der Waals surface area contributed by atoms with Crippen LogP contribution in [0.3, 0.4) is 0 Å². The number of carboxylic acid groups (broad SMARTS) is 1. The van der Waals surface area contributed by atoms with E-state index in [-0.39, 0.29) is 30.5 Å². The van der Waals surface area contributed by atoms with Crippen molar-refractivity contribution in [3.63, 3.8) is 0 Å². The van der Waals surface area contributed by atoms with Crippen LogP contribution >= 0.6 is 11.3 Å². The number of carbonyl (C=O) groups is 2. The number of thiophene rings is 1. The Labute approximate surface area is 169 Å². The molecule has 4 nitrogen and oxygen atoms in total. The molecular weight excluding hydrogens is 372 g/mol. The predicted octanol–water partition coefficient (Wildman–Crippen LogP) is 4.99. The minimum atomic E-state index is -0.777. The first kappa shape index (κ1) is 20.7. The molecule has 1 aliphatic carbocycles. The molecule has 1 heterocycles. The van der Waals surface area contributed by atoms with Crippen molar-refractivity contribution in [2.24, 2.45) is 11.8 Å². The molecule has 1 aromatic carbocycles. The molecule has 0 saturated heterocycles. The maximum atomic E-state index is 12.3. The lowest BCUT2D eigenvalue weighted by atomic mass is 9.87. The fourth-order valence-corrected chi connectivity index (χ4v) is 5.23. The first-order valence-electron chi connectivity index (χ1n) is 10.1. The van der Waals surface area contributed by atoms with E-state index in [1.54, 1.807) is 0 Å². The van der Waals surface area contributed by atoms with Crippen molar-refractivity contribution in [1.29, 1.82) is 0 Å². The van der Waals surface area contributed by atoms with Gasteiger partial charge in [0.2, 0.25) is 0 Å². The molecular formula is C23H28O4S. The van der Waals surface area contributed by atoms with E-state index >= 15 is 0 Å². The molecule has 0 amide bonds. The lowest BCUT2D eigenvalue weighted by molar-refractivity contribution is -0.137. The number of carboxylic acids is 1. The van der Waals surface area contributed by atoms with Crippen LogP contribution in [0.25, 0.3) is 10.1 Å². The molecule has 3 atom stereocenters. The van der Waals surface area contributed by atoms with Crippen LogP contribution in [0.2, 0.25) is 0 Å². The summed E-state index contributed by atoms with van der Waals surface area (Å²) in [6.45, 7) is 0. The lowest BCUT2D eigenvalue weighted by Gasteiger charge is -2.19. The van der Waals surface area contributed by atoms with Crippen LogP contribution < -0.4 is 0 Å². The van der Waals surface area contributed by atoms with Gasteiger partial charge in [0.25, 0.3) is 0 Å². The van der Waals surface area contributed by atoms with E-state index in [0.717, 1.165) is 19.3 Å². The summed E-state index contributed by atoms with van der Waals surface area (Å²) in [4.78, 5) is 24.2. The van der Waals surface area contributed by atoms with Crippen LogP contribution in [0.1, 0.15) is 49.8 Å². The standard InChI is InChI=1S/C23H28O4S/c24-20-15-21(25)19(18(20)10-3-1-2-4-13-23(26)27)11-7-9-17-14-16-8-5-6-12-22(16)28-17/h1,3,5-6,8,12,14,18-19,21,25H,2,4,7,9-11,13,15H2,(H,26,27)/b3-1-/t18-,19?,21-/m1/s1. The average Bonchev–Trinajstić information content (AvgIpc) is 3.18. The van der Waals surface area contributed by atoms with Gasteiger partial charge >= 0.3 is 5.97 Å². The van der Waals surface area contributed by atoms with Gasteiger partial charge in [-0.2, -0.15) is 0 Å². The number of carbonyl (C=O) groups excluding carboxylic acids is 1. The maximum Gasteiger partial charge on any atom is 0.303 e. The number of hydrogen-bond acceptors (Lipinski definition) is 4. The summed E-state index contributed by atoms with van der Waals surface area (Å²) in [6, 6.07) is 10.6. The van der Waals surface area contributed by atoms with E-state index in [4.69, 9.17) is 5.11 Å². The summed E-state index contributed by atoms with van der Waals surface area (Å²) in [5, 5.41) is 20.3. The fraction of sp³-hybridized carbons (Fsp3) is 0.478. The van der Waals surface area contributed by atoms with Crippen molar-refractivity contribution >= 4 is 33.2 Å². The molecule has 0 aliphatic heterocycles. The molecule has 5 heteroatoms. The van der Waals surface area contributed by atoms with E-state index in [1.807, 2.05) is 23.5 Å². The Balaban J connectivity index is 1.48. The topological polar surface area (TPSA) is 74.6 Å². The minimum Gasteiger partial charge on any atom is -0.481 e. The van der Waals surface area contributed by atoms with Gasteiger partial charge in [-0.05, 0) is 62.0 Å². The van der Waals surface area contributed by atoms with Crippen LogP contribution in [0.5, 0.6) is 0 Å². The van der Waals surface area contributed by atoms with Gasteiger partial charge in [0, 0.05) is 28.3 Å². The van der Waals surface area contributed by atoms with Crippen LogP contribution in [0.15, 0.2) is 42.5 Å². The molecule has 2 N–H and O–H groups in total. The predicted molar refractivity (Wildman–Crippen MR) is 113 cm³/mol. The molecule has 1 aromatic heterocycles. The van der Waals surface area contributed by atoms with Crippen molar-refractivity contribution in [2.75, 3.05) is 0 Å². The monoisotopic (exact) mass is 400 g/mol. The smallest absolute Gasteiger partial charge is 0.303 e. The molecule has 0 bridgehead atoms. The highest BCUT2D eigenvalue weighted by molar-refractivity contribution is 7.19. The van der Waals surface area contributed by atoms with Crippen molar-refractivity contribution < 1.29 is 19.8 Å². The zero-order valence-corrected chi connectivity index (χ0v) is 16.9. The highest BCUT2D eigenvalue weighted by Gasteiger charge is 2.40. The highest BCUT2D eigenvalue weighted by Crippen LogP contribution is 2.36. The maximum absolute atomic E-state index is 12.3. The van der Waals surface area contributed by atoms with Crippen molar-refractivity contribution in [3.05, 3.63) is 47.4 Å². The van der Waals surface area contributed by atoms with E-state index < -0.39 is 12.1 Å². The number of benzene rings is 1. The Morgan fingerprint density at radius 2 is 2.04 bits per heavy atom. The summed E-state index contributed by atoms with van der Waals surface area (Å²) in [6.07, 6.45) is 8.66. The zero-order valence-electron chi connectivity index (χ0n) is 16.0.